The van der Waals surface area contributed by atoms with E-state index in [1.807, 2.05) is 0 Å². The monoisotopic (exact) mass is 231 g/mol. The van der Waals surface area contributed by atoms with Gasteiger partial charge in [0.1, 0.15) is 0 Å². The van der Waals surface area contributed by atoms with Crippen LogP contribution in [0.1, 0.15) is 24.4 Å². The second-order valence-corrected chi connectivity index (χ2v) is 5.32. The van der Waals surface area contributed by atoms with Crippen LogP contribution in [0.2, 0.25) is 0 Å². The van der Waals surface area contributed by atoms with Gasteiger partial charge in [-0.15, -0.1) is 0 Å². The summed E-state index contributed by atoms with van der Waals surface area (Å²) in [5.74, 6) is 0.00531. The van der Waals surface area contributed by atoms with Crippen molar-refractivity contribution in [2.24, 2.45) is 0 Å². The lowest BCUT2D eigenvalue weighted by Gasteiger charge is -2.18. The third kappa shape index (κ3) is 2.27. The Morgan fingerprint density at radius 3 is 2.40 bits per heavy atom. The lowest BCUT2D eigenvalue weighted by Crippen LogP contribution is -2.32. The fourth-order valence-corrected chi connectivity index (χ4v) is 2.24. The Morgan fingerprint density at radius 2 is 2.00 bits per heavy atom. The van der Waals surface area contributed by atoms with Gasteiger partial charge in [-0.05, 0) is 26.0 Å². The van der Waals surface area contributed by atoms with Crippen molar-refractivity contribution in [3.05, 3.63) is 17.9 Å². The molecule has 0 unspecified atom stereocenters. The first-order chi connectivity index (χ1) is 6.89. The molecule has 0 N–H and O–H groups in total. The van der Waals surface area contributed by atoms with Crippen LogP contribution in [0.5, 0.6) is 0 Å². The molecule has 0 saturated carbocycles. The van der Waals surface area contributed by atoms with Crippen molar-refractivity contribution in [2.75, 3.05) is 7.05 Å². The summed E-state index contributed by atoms with van der Waals surface area (Å²) in [6.07, 6.45) is 0.467. The topological polar surface area (TPSA) is 67.6 Å². The van der Waals surface area contributed by atoms with Crippen molar-refractivity contribution in [1.82, 2.24) is 4.31 Å². The Labute approximate surface area is 88.7 Å². The number of furan rings is 1. The molecule has 0 bridgehead atoms. The van der Waals surface area contributed by atoms with Gasteiger partial charge in [-0.3, -0.25) is 4.79 Å². The van der Waals surface area contributed by atoms with Gasteiger partial charge in [-0.2, -0.15) is 4.31 Å². The van der Waals surface area contributed by atoms with Gasteiger partial charge in [-0.25, -0.2) is 8.42 Å². The molecule has 0 radical (unpaired) electrons. The molecule has 0 spiro atoms. The van der Waals surface area contributed by atoms with E-state index in [0.717, 1.165) is 0 Å². The van der Waals surface area contributed by atoms with Crippen LogP contribution in [0.15, 0.2) is 21.6 Å². The number of nitrogens with zero attached hydrogens (tertiary/aromatic N) is 1. The van der Waals surface area contributed by atoms with Crippen LogP contribution in [-0.2, 0) is 10.0 Å². The van der Waals surface area contributed by atoms with Gasteiger partial charge in [0.2, 0.25) is 5.09 Å². The zero-order valence-corrected chi connectivity index (χ0v) is 9.61. The Hall–Kier alpha value is -1.14. The van der Waals surface area contributed by atoms with Crippen LogP contribution in [0.25, 0.3) is 0 Å². The summed E-state index contributed by atoms with van der Waals surface area (Å²) in [7, 11) is -2.16. The van der Waals surface area contributed by atoms with E-state index < -0.39 is 10.0 Å². The van der Waals surface area contributed by atoms with E-state index >= 15 is 0 Å². The largest absolute Gasteiger partial charge is 0.440 e. The summed E-state index contributed by atoms with van der Waals surface area (Å²) in [5, 5.41) is -0.208. The van der Waals surface area contributed by atoms with Crippen LogP contribution < -0.4 is 0 Å². The van der Waals surface area contributed by atoms with E-state index in [4.69, 9.17) is 4.42 Å². The number of carbonyl (C=O) groups excluding carboxylic acids is 1. The van der Waals surface area contributed by atoms with E-state index in [1.54, 1.807) is 13.8 Å². The van der Waals surface area contributed by atoms with Crippen LogP contribution in [0.3, 0.4) is 0 Å². The summed E-state index contributed by atoms with van der Waals surface area (Å²) in [4.78, 5) is 10.3. The highest BCUT2D eigenvalue weighted by Crippen LogP contribution is 2.18. The summed E-state index contributed by atoms with van der Waals surface area (Å²) < 4.78 is 29.7. The fraction of sp³-hybridized carbons (Fsp3) is 0.444. The average Bonchev–Trinajstić information content (AvgIpc) is 2.65. The molecule has 0 fully saturated rings. The Bertz CT molecular complexity index is 446. The Kier molecular flexibility index (Phi) is 3.31. The maximum Gasteiger partial charge on any atom is 0.276 e. The number of sulfonamides is 1. The van der Waals surface area contributed by atoms with Gasteiger partial charge in [0.15, 0.2) is 12.0 Å². The number of rotatable bonds is 4. The number of aldehydes is 1. The maximum absolute atomic E-state index is 11.8. The second kappa shape index (κ2) is 4.16. The highest BCUT2D eigenvalue weighted by atomic mass is 32.2. The first-order valence-electron chi connectivity index (χ1n) is 4.42. The molecule has 0 saturated heterocycles. The van der Waals surface area contributed by atoms with Gasteiger partial charge in [-0.1, -0.05) is 0 Å². The molecule has 1 aromatic heterocycles. The van der Waals surface area contributed by atoms with Crippen LogP contribution >= 0.6 is 0 Å². The normalized spacial score (nSPS) is 12.3. The zero-order valence-electron chi connectivity index (χ0n) is 8.80. The van der Waals surface area contributed by atoms with Crippen molar-refractivity contribution < 1.29 is 17.6 Å². The summed E-state index contributed by atoms with van der Waals surface area (Å²) >= 11 is 0. The highest BCUT2D eigenvalue weighted by Gasteiger charge is 2.26. The molecule has 1 heterocycles. The number of hydrogen-bond acceptors (Lipinski definition) is 4. The standard InChI is InChI=1S/C9H13NO4S/c1-7(2)10(3)15(12,13)9-5-4-8(6-11)14-9/h4-7H,1-3H3. The molecule has 1 rings (SSSR count). The molecule has 0 aliphatic heterocycles. The first-order valence-corrected chi connectivity index (χ1v) is 5.86. The van der Waals surface area contributed by atoms with Crippen molar-refractivity contribution in [3.8, 4) is 0 Å². The van der Waals surface area contributed by atoms with Crippen molar-refractivity contribution >= 4 is 16.3 Å². The van der Waals surface area contributed by atoms with Crippen LogP contribution in [0, 0.1) is 0 Å². The average molecular weight is 231 g/mol. The minimum absolute atomic E-state index is 0.00531. The summed E-state index contributed by atoms with van der Waals surface area (Å²) in [6.45, 7) is 3.50. The number of carbonyl (C=O) groups is 1. The van der Waals surface area contributed by atoms with Gasteiger partial charge >= 0.3 is 0 Å². The Morgan fingerprint density at radius 1 is 1.40 bits per heavy atom. The molecular weight excluding hydrogens is 218 g/mol. The molecule has 0 aliphatic carbocycles. The fourth-order valence-electron chi connectivity index (χ4n) is 0.956. The third-order valence-electron chi connectivity index (χ3n) is 2.08. The second-order valence-electron chi connectivity index (χ2n) is 3.39. The highest BCUT2D eigenvalue weighted by molar-refractivity contribution is 7.89. The minimum Gasteiger partial charge on any atom is -0.440 e. The molecule has 0 amide bonds. The first kappa shape index (κ1) is 11.9. The van der Waals surface area contributed by atoms with E-state index in [2.05, 4.69) is 0 Å². The molecule has 1 aromatic rings. The van der Waals surface area contributed by atoms with E-state index in [1.165, 1.54) is 23.5 Å². The van der Waals surface area contributed by atoms with Crippen LogP contribution in [-0.4, -0.2) is 32.1 Å². The van der Waals surface area contributed by atoms with E-state index in [9.17, 15) is 13.2 Å². The van der Waals surface area contributed by atoms with Gasteiger partial charge in [0.25, 0.3) is 10.0 Å². The zero-order chi connectivity index (χ0) is 11.6. The number of hydrogen-bond donors (Lipinski definition) is 0. The SMILES string of the molecule is CC(C)N(C)S(=O)(=O)c1ccc(C=O)o1. The summed E-state index contributed by atoms with van der Waals surface area (Å²) in [5.41, 5.74) is 0. The predicted molar refractivity (Wildman–Crippen MR) is 54.2 cm³/mol. The van der Waals surface area contributed by atoms with Crippen molar-refractivity contribution in [2.45, 2.75) is 25.0 Å². The lowest BCUT2D eigenvalue weighted by molar-refractivity contribution is 0.109. The summed E-state index contributed by atoms with van der Waals surface area (Å²) in [6, 6.07) is 2.44. The molecule has 84 valence electrons. The van der Waals surface area contributed by atoms with Gasteiger partial charge in [0.05, 0.1) is 0 Å². The minimum atomic E-state index is -3.62. The van der Waals surface area contributed by atoms with Crippen LogP contribution in [0.4, 0.5) is 0 Å². The third-order valence-corrected chi connectivity index (χ3v) is 3.99. The molecule has 6 heteroatoms. The molecule has 15 heavy (non-hydrogen) atoms. The molecule has 0 aliphatic rings. The molecule has 0 aromatic carbocycles. The predicted octanol–water partition coefficient (Wildman–Crippen LogP) is 1.12. The van der Waals surface area contributed by atoms with Crippen molar-refractivity contribution in [1.29, 1.82) is 0 Å². The lowest BCUT2D eigenvalue weighted by atomic mass is 10.4. The smallest absolute Gasteiger partial charge is 0.276 e. The Balaban J connectivity index is 3.11. The van der Waals surface area contributed by atoms with E-state index in [0.29, 0.717) is 6.29 Å². The molecule has 5 nitrogen and oxygen atoms in total. The van der Waals surface area contributed by atoms with Gasteiger partial charge in [0, 0.05) is 13.1 Å². The molecular formula is C9H13NO4S. The maximum atomic E-state index is 11.8. The quantitative estimate of drug-likeness (QED) is 0.728. The van der Waals surface area contributed by atoms with E-state index in [-0.39, 0.29) is 16.9 Å². The van der Waals surface area contributed by atoms with Crippen molar-refractivity contribution in [3.63, 3.8) is 0 Å². The molecule has 0 atom stereocenters. The van der Waals surface area contributed by atoms with Gasteiger partial charge < -0.3 is 4.42 Å².